The van der Waals surface area contributed by atoms with Gasteiger partial charge in [0.15, 0.2) is 0 Å². The number of rotatable bonds is 3. The molecule has 2 N–H and O–H groups in total. The molecule has 0 amide bonds. The highest BCUT2D eigenvalue weighted by molar-refractivity contribution is 5.91. The first-order chi connectivity index (χ1) is 10.1. The Labute approximate surface area is 118 Å². The normalized spacial score (nSPS) is 11.2. The SMILES string of the molecule is OCCc1c(-c2ccc(F)cc2)[nH]c2c(F)cc(F)cc12. The Morgan fingerprint density at radius 2 is 1.67 bits per heavy atom. The smallest absolute Gasteiger partial charge is 0.150 e. The van der Waals surface area contributed by atoms with Crippen LogP contribution in [0.2, 0.25) is 0 Å². The van der Waals surface area contributed by atoms with Crippen LogP contribution in [-0.4, -0.2) is 16.7 Å². The topological polar surface area (TPSA) is 36.0 Å². The summed E-state index contributed by atoms with van der Waals surface area (Å²) in [5, 5.41) is 9.58. The second kappa shape index (κ2) is 5.26. The minimum Gasteiger partial charge on any atom is -0.396 e. The van der Waals surface area contributed by atoms with E-state index >= 15 is 0 Å². The molecule has 0 spiro atoms. The summed E-state index contributed by atoms with van der Waals surface area (Å²) in [6.45, 7) is -0.153. The molecule has 0 fully saturated rings. The lowest BCUT2D eigenvalue weighted by molar-refractivity contribution is 0.300. The monoisotopic (exact) mass is 291 g/mol. The van der Waals surface area contributed by atoms with Gasteiger partial charge in [-0.1, -0.05) is 0 Å². The quantitative estimate of drug-likeness (QED) is 0.757. The van der Waals surface area contributed by atoms with Crippen molar-refractivity contribution in [2.45, 2.75) is 6.42 Å². The van der Waals surface area contributed by atoms with Crippen LogP contribution in [0.3, 0.4) is 0 Å². The standard InChI is InChI=1S/C16H12F3NO/c17-10-3-1-9(2-4-10)15-12(5-6-21)13-7-11(18)8-14(19)16(13)20-15/h1-4,7-8,20-21H,5-6H2. The average molecular weight is 291 g/mol. The number of aromatic amines is 1. The Hall–Kier alpha value is -2.27. The molecule has 1 heterocycles. The molecule has 0 aliphatic heterocycles. The van der Waals surface area contributed by atoms with Gasteiger partial charge in [0.25, 0.3) is 0 Å². The van der Waals surface area contributed by atoms with Crippen LogP contribution in [0.15, 0.2) is 36.4 Å². The van der Waals surface area contributed by atoms with Gasteiger partial charge >= 0.3 is 0 Å². The molecular formula is C16H12F3NO. The molecule has 0 bridgehead atoms. The number of benzene rings is 2. The van der Waals surface area contributed by atoms with Gasteiger partial charge in [0, 0.05) is 23.8 Å². The van der Waals surface area contributed by atoms with E-state index in [1.807, 2.05) is 0 Å². The van der Waals surface area contributed by atoms with Crippen molar-refractivity contribution in [1.29, 1.82) is 0 Å². The van der Waals surface area contributed by atoms with Gasteiger partial charge in [-0.25, -0.2) is 13.2 Å². The van der Waals surface area contributed by atoms with Crippen molar-refractivity contribution in [2.75, 3.05) is 6.61 Å². The molecule has 0 aliphatic carbocycles. The number of aliphatic hydroxyl groups excluding tert-OH is 1. The Morgan fingerprint density at radius 3 is 2.33 bits per heavy atom. The summed E-state index contributed by atoms with van der Waals surface area (Å²) in [5.74, 6) is -1.75. The van der Waals surface area contributed by atoms with E-state index in [0.717, 1.165) is 6.07 Å². The van der Waals surface area contributed by atoms with Crippen molar-refractivity contribution >= 4 is 10.9 Å². The molecule has 0 atom stereocenters. The third-order valence-corrected chi connectivity index (χ3v) is 3.43. The fraction of sp³-hybridized carbons (Fsp3) is 0.125. The summed E-state index contributed by atoms with van der Waals surface area (Å²) in [6, 6.07) is 7.72. The average Bonchev–Trinajstić information content (AvgIpc) is 2.80. The minimum absolute atomic E-state index is 0.153. The van der Waals surface area contributed by atoms with Gasteiger partial charge in [-0.05, 0) is 47.9 Å². The number of fused-ring (bicyclic) bond motifs is 1. The van der Waals surface area contributed by atoms with Crippen molar-refractivity contribution in [1.82, 2.24) is 4.98 Å². The summed E-state index contributed by atoms with van der Waals surface area (Å²) >= 11 is 0. The third kappa shape index (κ3) is 2.40. The van der Waals surface area contributed by atoms with Crippen LogP contribution >= 0.6 is 0 Å². The van der Waals surface area contributed by atoms with Crippen LogP contribution in [0.1, 0.15) is 5.56 Å². The Morgan fingerprint density at radius 1 is 0.952 bits per heavy atom. The third-order valence-electron chi connectivity index (χ3n) is 3.43. The highest BCUT2D eigenvalue weighted by atomic mass is 19.1. The second-order valence-electron chi connectivity index (χ2n) is 4.77. The molecule has 108 valence electrons. The van der Waals surface area contributed by atoms with Gasteiger partial charge in [0.1, 0.15) is 17.5 Å². The van der Waals surface area contributed by atoms with Crippen molar-refractivity contribution in [2.24, 2.45) is 0 Å². The second-order valence-corrected chi connectivity index (χ2v) is 4.77. The maximum Gasteiger partial charge on any atom is 0.150 e. The first kappa shape index (κ1) is 13.7. The zero-order chi connectivity index (χ0) is 15.0. The maximum atomic E-state index is 13.9. The lowest BCUT2D eigenvalue weighted by Crippen LogP contribution is -1.93. The zero-order valence-corrected chi connectivity index (χ0v) is 11.0. The van der Waals surface area contributed by atoms with E-state index in [9.17, 15) is 18.3 Å². The van der Waals surface area contributed by atoms with Gasteiger partial charge in [0.05, 0.1) is 5.52 Å². The Kier molecular flexibility index (Phi) is 3.43. The fourth-order valence-electron chi connectivity index (χ4n) is 2.51. The molecule has 2 nitrogen and oxygen atoms in total. The van der Waals surface area contributed by atoms with E-state index in [2.05, 4.69) is 4.98 Å². The molecule has 3 aromatic rings. The van der Waals surface area contributed by atoms with E-state index in [1.165, 1.54) is 18.2 Å². The number of hydrogen-bond donors (Lipinski definition) is 2. The number of H-pyrrole nitrogens is 1. The number of halogens is 3. The van der Waals surface area contributed by atoms with E-state index < -0.39 is 11.6 Å². The fourth-order valence-corrected chi connectivity index (χ4v) is 2.51. The van der Waals surface area contributed by atoms with Gasteiger partial charge in [-0.2, -0.15) is 0 Å². The summed E-state index contributed by atoms with van der Waals surface area (Å²) < 4.78 is 40.3. The predicted octanol–water partition coefficient (Wildman–Crippen LogP) is 3.79. The molecule has 0 unspecified atom stereocenters. The summed E-state index contributed by atoms with van der Waals surface area (Å²) in [4.78, 5) is 2.91. The first-order valence-corrected chi connectivity index (χ1v) is 6.46. The largest absolute Gasteiger partial charge is 0.396 e. The predicted molar refractivity (Wildman–Crippen MR) is 74.4 cm³/mol. The van der Waals surface area contributed by atoms with Crippen LogP contribution in [-0.2, 0) is 6.42 Å². The maximum absolute atomic E-state index is 13.9. The van der Waals surface area contributed by atoms with Gasteiger partial charge < -0.3 is 10.1 Å². The van der Waals surface area contributed by atoms with Gasteiger partial charge in [-0.15, -0.1) is 0 Å². The highest BCUT2D eigenvalue weighted by Crippen LogP contribution is 2.32. The molecule has 0 saturated carbocycles. The van der Waals surface area contributed by atoms with Crippen LogP contribution in [0.25, 0.3) is 22.2 Å². The van der Waals surface area contributed by atoms with Gasteiger partial charge in [-0.3, -0.25) is 0 Å². The molecule has 2 aromatic carbocycles. The number of aromatic nitrogens is 1. The van der Waals surface area contributed by atoms with Crippen molar-refractivity contribution < 1.29 is 18.3 Å². The first-order valence-electron chi connectivity index (χ1n) is 6.46. The summed E-state index contributed by atoms with van der Waals surface area (Å²) in [5.41, 5.74) is 2.00. The van der Waals surface area contributed by atoms with E-state index in [0.29, 0.717) is 22.2 Å². The van der Waals surface area contributed by atoms with Crippen LogP contribution in [0.4, 0.5) is 13.2 Å². The van der Waals surface area contributed by atoms with Crippen molar-refractivity contribution in [3.05, 3.63) is 59.4 Å². The lowest BCUT2D eigenvalue weighted by Gasteiger charge is -2.03. The molecule has 0 radical (unpaired) electrons. The number of aliphatic hydroxyl groups is 1. The van der Waals surface area contributed by atoms with Crippen molar-refractivity contribution in [3.63, 3.8) is 0 Å². The van der Waals surface area contributed by atoms with Crippen molar-refractivity contribution in [3.8, 4) is 11.3 Å². The molecular weight excluding hydrogens is 279 g/mol. The molecule has 5 heteroatoms. The number of nitrogens with one attached hydrogen (secondary N) is 1. The minimum atomic E-state index is -0.697. The van der Waals surface area contributed by atoms with Crippen LogP contribution in [0, 0.1) is 17.5 Å². The summed E-state index contributed by atoms with van der Waals surface area (Å²) in [6.07, 6.45) is 0.246. The van der Waals surface area contributed by atoms with E-state index in [-0.39, 0.29) is 24.4 Å². The highest BCUT2D eigenvalue weighted by Gasteiger charge is 2.16. The molecule has 1 aromatic heterocycles. The summed E-state index contributed by atoms with van der Waals surface area (Å²) in [7, 11) is 0. The van der Waals surface area contributed by atoms with Crippen LogP contribution in [0.5, 0.6) is 0 Å². The molecule has 21 heavy (non-hydrogen) atoms. The van der Waals surface area contributed by atoms with E-state index in [1.54, 1.807) is 12.1 Å². The molecule has 3 rings (SSSR count). The van der Waals surface area contributed by atoms with Crippen LogP contribution < -0.4 is 0 Å². The van der Waals surface area contributed by atoms with Gasteiger partial charge in [0.2, 0.25) is 0 Å². The van der Waals surface area contributed by atoms with E-state index in [4.69, 9.17) is 0 Å². The molecule has 0 aliphatic rings. The Balaban J connectivity index is 2.28. The lowest BCUT2D eigenvalue weighted by atomic mass is 10.0. The Bertz CT molecular complexity index is 793. The zero-order valence-electron chi connectivity index (χ0n) is 11.0. The number of hydrogen-bond acceptors (Lipinski definition) is 1. The molecule has 0 saturated heterocycles.